The summed E-state index contributed by atoms with van der Waals surface area (Å²) >= 11 is 0. The molecule has 2 fully saturated rings. The van der Waals surface area contributed by atoms with Crippen LogP contribution in [0, 0.1) is 13.8 Å². The summed E-state index contributed by atoms with van der Waals surface area (Å²) in [6.07, 6.45) is -1.87. The third-order valence-electron chi connectivity index (χ3n) is 9.80. The molecule has 2 aliphatic rings. The fourth-order valence-corrected chi connectivity index (χ4v) is 7.05. The van der Waals surface area contributed by atoms with Crippen LogP contribution in [0.5, 0.6) is 11.5 Å². The van der Waals surface area contributed by atoms with Crippen molar-refractivity contribution in [2.75, 3.05) is 38.0 Å². The minimum atomic E-state index is -1.28. The van der Waals surface area contributed by atoms with Crippen LogP contribution in [0.4, 0.5) is 11.8 Å². The van der Waals surface area contributed by atoms with Crippen molar-refractivity contribution in [1.82, 2.24) is 24.7 Å². The van der Waals surface area contributed by atoms with E-state index in [2.05, 4.69) is 20.1 Å². The molecule has 2 bridgehead atoms. The second kappa shape index (κ2) is 12.3. The highest BCUT2D eigenvalue weighted by Crippen LogP contribution is 2.52. The maximum Gasteiger partial charge on any atom is 0.347 e. The van der Waals surface area contributed by atoms with Gasteiger partial charge < -0.3 is 39.7 Å². The van der Waals surface area contributed by atoms with Crippen LogP contribution in [0.3, 0.4) is 0 Å². The molecule has 13 nitrogen and oxygen atoms in total. The lowest BCUT2D eigenvalue weighted by atomic mass is 9.79. The summed E-state index contributed by atoms with van der Waals surface area (Å²) < 4.78 is 26.7. The van der Waals surface area contributed by atoms with E-state index in [1.165, 1.54) is 0 Å². The van der Waals surface area contributed by atoms with Crippen molar-refractivity contribution in [3.63, 3.8) is 0 Å². The van der Waals surface area contributed by atoms with Crippen LogP contribution in [0.25, 0.3) is 0 Å². The van der Waals surface area contributed by atoms with Gasteiger partial charge in [-0.1, -0.05) is 54.6 Å². The fourth-order valence-electron chi connectivity index (χ4n) is 7.05. The van der Waals surface area contributed by atoms with Crippen LogP contribution in [0.2, 0.25) is 0 Å². The number of anilines is 2. The number of rotatable bonds is 10. The number of nitrogens with zero attached hydrogens (tertiary/aromatic N) is 5. The molecular weight excluding hydrogens is 626 g/mol. The van der Waals surface area contributed by atoms with Crippen LogP contribution < -0.4 is 25.8 Å². The molecule has 4 atom stereocenters. The Morgan fingerprint density at radius 3 is 2.10 bits per heavy atom. The van der Waals surface area contributed by atoms with Crippen molar-refractivity contribution < 1.29 is 24.1 Å². The zero-order chi connectivity index (χ0) is 34.5. The summed E-state index contributed by atoms with van der Waals surface area (Å²) in [4.78, 5) is 25.8. The van der Waals surface area contributed by atoms with Crippen molar-refractivity contribution in [2.24, 2.45) is 7.05 Å². The zero-order valence-corrected chi connectivity index (χ0v) is 28.0. The Balaban J connectivity index is 1.37. The number of aliphatic hydroxyl groups excluding tert-OH is 1. The molecule has 3 aromatic carbocycles. The number of aliphatic hydroxyl groups is 1. The Kier molecular flexibility index (Phi) is 8.13. The van der Waals surface area contributed by atoms with Crippen LogP contribution in [0.1, 0.15) is 39.9 Å². The van der Waals surface area contributed by atoms with Gasteiger partial charge in [-0.25, -0.2) is 4.79 Å². The smallest absolute Gasteiger partial charge is 0.347 e. The van der Waals surface area contributed by atoms with Crippen molar-refractivity contribution in [1.29, 1.82) is 0 Å². The molecule has 2 saturated heterocycles. The number of methoxy groups -OCH3 is 2. The van der Waals surface area contributed by atoms with E-state index >= 15 is 0 Å². The highest BCUT2D eigenvalue weighted by molar-refractivity contribution is 5.51. The molecule has 0 amide bonds. The van der Waals surface area contributed by atoms with Crippen molar-refractivity contribution >= 4 is 11.8 Å². The summed E-state index contributed by atoms with van der Waals surface area (Å²) in [7, 11) is 5.06. The number of nitrogen functional groups attached to an aromatic ring is 1. The summed E-state index contributed by atoms with van der Waals surface area (Å²) in [5.74, 6) is 2.62. The normalized spacial score (nSPS) is 21.7. The van der Waals surface area contributed by atoms with Gasteiger partial charge in [-0.05, 0) is 54.8 Å². The van der Waals surface area contributed by atoms with E-state index in [-0.39, 0.29) is 19.0 Å². The largest absolute Gasteiger partial charge is 0.497 e. The number of aryl methyl sites for hydroxylation is 2. The number of aromatic amines is 1. The number of H-pyrrole nitrogens is 1. The van der Waals surface area contributed by atoms with Gasteiger partial charge in [0.15, 0.2) is 0 Å². The minimum absolute atomic E-state index is 0.0553. The maximum absolute atomic E-state index is 12.6. The second-order valence-corrected chi connectivity index (χ2v) is 12.5. The number of nitrogens with two attached hydrogens (primary N) is 1. The minimum Gasteiger partial charge on any atom is -0.497 e. The number of aromatic nitrogens is 5. The molecule has 4 heterocycles. The summed E-state index contributed by atoms with van der Waals surface area (Å²) in [5, 5.41) is 16.9. The van der Waals surface area contributed by atoms with Crippen molar-refractivity contribution in [2.45, 2.75) is 43.3 Å². The Labute approximate surface area is 283 Å². The third kappa shape index (κ3) is 5.30. The Morgan fingerprint density at radius 1 is 0.959 bits per heavy atom. The molecule has 2 aliphatic heterocycles. The molecule has 0 spiro atoms. The Hall–Kier alpha value is -5.24. The first-order chi connectivity index (χ1) is 23.6. The molecule has 0 aliphatic carbocycles. The molecule has 0 saturated carbocycles. The van der Waals surface area contributed by atoms with Crippen molar-refractivity contribution in [3.8, 4) is 11.5 Å². The number of morpholine rings is 1. The first kappa shape index (κ1) is 32.3. The average Bonchev–Trinajstić information content (AvgIpc) is 3.71. The first-order valence-corrected chi connectivity index (χ1v) is 15.9. The van der Waals surface area contributed by atoms with Gasteiger partial charge in [-0.2, -0.15) is 9.97 Å². The third-order valence-corrected chi connectivity index (χ3v) is 9.80. The van der Waals surface area contributed by atoms with Gasteiger partial charge in [0.2, 0.25) is 5.95 Å². The molecule has 0 unspecified atom stereocenters. The van der Waals surface area contributed by atoms with Crippen LogP contribution in [0.15, 0.2) is 83.7 Å². The number of hydrogen-bond acceptors (Lipinski definition) is 11. The number of benzene rings is 3. The van der Waals surface area contributed by atoms with E-state index in [4.69, 9.17) is 24.7 Å². The van der Waals surface area contributed by atoms with E-state index < -0.39 is 35.1 Å². The predicted octanol–water partition coefficient (Wildman–Crippen LogP) is 3.18. The Bertz CT molecular complexity index is 1950. The van der Waals surface area contributed by atoms with E-state index in [1.807, 2.05) is 97.7 Å². The SMILES string of the molecule is COc1ccc(C(OC[C@@]23CN(c4nc(C)n(C)n4)[C@@H]([C@H](c4[nH]c(=O)nc(N)c4C)O2)[C@@H]3O)(c2ccccc2)c2ccc(OC)cc2)cc1. The standard InChI is InChI=1S/C36H39N7O6/c1-21-28(39-34(45)40-32(21)37)30-29-31(44)35(49-30,19-43(29)33-38-22(2)42(3)41-33)20-48-36(23-9-7-6-8-10-23,24-11-15-26(46-4)16-12-24)25-13-17-27(47-5)18-14-25/h6-18,29-31,44H,19-20H2,1-5H3,(H3,37,39,40,45)/t29-,30-,31-,35+/m0/s1. The topological polar surface area (TPSA) is 163 Å². The van der Waals surface area contributed by atoms with E-state index in [9.17, 15) is 9.90 Å². The molecule has 2 aromatic heterocycles. The summed E-state index contributed by atoms with van der Waals surface area (Å²) in [5.41, 5.74) is 6.61. The van der Waals surface area contributed by atoms with Crippen LogP contribution in [-0.2, 0) is 22.1 Å². The molecule has 49 heavy (non-hydrogen) atoms. The van der Waals surface area contributed by atoms with E-state index in [1.54, 1.807) is 25.8 Å². The lowest BCUT2D eigenvalue weighted by Gasteiger charge is -2.41. The maximum atomic E-state index is 12.6. The van der Waals surface area contributed by atoms with Gasteiger partial charge in [0.05, 0.1) is 39.1 Å². The van der Waals surface area contributed by atoms with Gasteiger partial charge in [0, 0.05) is 12.6 Å². The van der Waals surface area contributed by atoms with Crippen LogP contribution in [-0.4, -0.2) is 75.0 Å². The van der Waals surface area contributed by atoms with Gasteiger partial charge in [-0.3, -0.25) is 4.68 Å². The highest BCUT2D eigenvalue weighted by Gasteiger charge is 2.65. The average molecular weight is 666 g/mol. The van der Waals surface area contributed by atoms with Gasteiger partial charge in [0.25, 0.3) is 0 Å². The van der Waals surface area contributed by atoms with Crippen molar-refractivity contribution in [3.05, 3.63) is 123 Å². The van der Waals surface area contributed by atoms with Crippen LogP contribution >= 0.6 is 0 Å². The first-order valence-electron chi connectivity index (χ1n) is 15.9. The number of ether oxygens (including phenoxy) is 4. The van der Waals surface area contributed by atoms with Gasteiger partial charge in [-0.15, -0.1) is 5.10 Å². The lowest BCUT2D eigenvalue weighted by molar-refractivity contribution is -0.145. The summed E-state index contributed by atoms with van der Waals surface area (Å²) in [6.45, 7) is 3.79. The predicted molar refractivity (Wildman–Crippen MR) is 182 cm³/mol. The molecule has 0 radical (unpaired) electrons. The zero-order valence-electron chi connectivity index (χ0n) is 28.0. The number of fused-ring (bicyclic) bond motifs is 2. The molecular formula is C36H39N7O6. The monoisotopic (exact) mass is 665 g/mol. The molecule has 7 rings (SSSR count). The molecule has 13 heteroatoms. The van der Waals surface area contributed by atoms with E-state index in [0.29, 0.717) is 34.5 Å². The number of nitrogens with one attached hydrogen (secondary N) is 1. The second-order valence-electron chi connectivity index (χ2n) is 12.5. The quantitative estimate of drug-likeness (QED) is 0.188. The molecule has 4 N–H and O–H groups in total. The molecule has 254 valence electrons. The highest BCUT2D eigenvalue weighted by atomic mass is 16.6. The lowest BCUT2D eigenvalue weighted by Crippen LogP contribution is -2.50. The van der Waals surface area contributed by atoms with Gasteiger partial charge >= 0.3 is 5.69 Å². The summed E-state index contributed by atoms with van der Waals surface area (Å²) in [6, 6.07) is 24.7. The fraction of sp³-hybridized carbons (Fsp3) is 0.333. The Morgan fingerprint density at radius 2 is 1.55 bits per heavy atom. The molecule has 5 aromatic rings. The number of hydrogen-bond donors (Lipinski definition) is 3. The van der Waals surface area contributed by atoms with Gasteiger partial charge in [0.1, 0.15) is 46.6 Å². The van der Waals surface area contributed by atoms with E-state index in [0.717, 1.165) is 16.7 Å².